The highest BCUT2D eigenvalue weighted by molar-refractivity contribution is 8.14. The summed E-state index contributed by atoms with van der Waals surface area (Å²) >= 11 is 1.63. The van der Waals surface area contributed by atoms with Crippen molar-refractivity contribution in [3.63, 3.8) is 0 Å². The van der Waals surface area contributed by atoms with Gasteiger partial charge in [-0.1, -0.05) is 68.9 Å². The van der Waals surface area contributed by atoms with Gasteiger partial charge in [0.15, 0.2) is 11.0 Å². The number of aryl methyl sites for hydroxylation is 1. The normalized spacial score (nSPS) is 15.2. The van der Waals surface area contributed by atoms with Gasteiger partial charge >= 0.3 is 12.4 Å². The van der Waals surface area contributed by atoms with Crippen LogP contribution < -0.4 is 15.0 Å². The van der Waals surface area contributed by atoms with Crippen molar-refractivity contribution in [1.82, 2.24) is 20.1 Å². The van der Waals surface area contributed by atoms with E-state index in [0.717, 1.165) is 53.5 Å². The Morgan fingerprint density at radius 3 is 2.51 bits per heavy atom. The third-order valence-electron chi connectivity index (χ3n) is 7.82. The summed E-state index contributed by atoms with van der Waals surface area (Å²) < 4.78 is 42.7. The standard InChI is InChI=1S/C35H39F3N6O2S/c1-23(2)30-15-6-24(3)21-31(30)43-18-5-19-47-34(43)41-33(45)39-17-16-25(4)20-26-7-9-27(10-8-26)32-40-22-44(42-32)28-11-13-29(14-12-28)46-35(36,37)38/h6-15,21-23,25H,5,16-20H2,1-4H3,(H,39,45). The van der Waals surface area contributed by atoms with Crippen LogP contribution in [0.1, 0.15) is 56.2 Å². The Morgan fingerprint density at radius 2 is 1.81 bits per heavy atom. The van der Waals surface area contributed by atoms with E-state index in [1.165, 1.54) is 46.4 Å². The Balaban J connectivity index is 1.12. The molecule has 8 nitrogen and oxygen atoms in total. The molecule has 3 aromatic carbocycles. The molecule has 0 radical (unpaired) electrons. The Kier molecular flexibility index (Phi) is 10.9. The van der Waals surface area contributed by atoms with Crippen LogP contribution in [0.25, 0.3) is 17.1 Å². The fraction of sp³-hybridized carbons (Fsp3) is 0.371. The summed E-state index contributed by atoms with van der Waals surface area (Å²) in [6, 6.07) is 19.6. The zero-order valence-electron chi connectivity index (χ0n) is 26.9. The maximum absolute atomic E-state index is 12.8. The smallest absolute Gasteiger partial charge is 0.406 e. The second-order valence-electron chi connectivity index (χ2n) is 12.0. The first kappa shape index (κ1) is 34.0. The molecule has 0 bridgehead atoms. The number of anilines is 1. The molecule has 1 unspecified atom stereocenters. The van der Waals surface area contributed by atoms with Gasteiger partial charge in [0, 0.05) is 30.1 Å². The molecule has 0 spiro atoms. The average Bonchev–Trinajstić information content (AvgIpc) is 3.51. The van der Waals surface area contributed by atoms with Crippen molar-refractivity contribution in [3.05, 3.63) is 89.7 Å². The molecule has 0 aliphatic carbocycles. The maximum atomic E-state index is 12.8. The second kappa shape index (κ2) is 15.1. The summed E-state index contributed by atoms with van der Waals surface area (Å²) in [6.45, 7) is 9.99. The van der Waals surface area contributed by atoms with Crippen LogP contribution in [0.4, 0.5) is 23.7 Å². The molecule has 1 aromatic heterocycles. The van der Waals surface area contributed by atoms with Crippen LogP contribution in [-0.2, 0) is 6.42 Å². The van der Waals surface area contributed by atoms with Gasteiger partial charge < -0.3 is 15.0 Å². The van der Waals surface area contributed by atoms with Crippen LogP contribution in [0, 0.1) is 12.8 Å². The predicted octanol–water partition coefficient (Wildman–Crippen LogP) is 8.54. The Labute approximate surface area is 277 Å². The number of nitrogens with one attached hydrogen (secondary N) is 1. The lowest BCUT2D eigenvalue weighted by Gasteiger charge is -2.32. The molecule has 1 atom stereocenters. The SMILES string of the molecule is Cc1ccc(C(C)C)c(N2CCCSC2=NC(=O)NCCC(C)Cc2ccc(-c3ncn(-c4ccc(OC(F)(F)F)cc4)n3)cc2)c1. The van der Waals surface area contributed by atoms with Gasteiger partial charge in [-0.15, -0.1) is 18.3 Å². The molecule has 248 valence electrons. The van der Waals surface area contributed by atoms with Crippen molar-refractivity contribution < 1.29 is 22.7 Å². The molecule has 1 N–H and O–H groups in total. The van der Waals surface area contributed by atoms with Crippen molar-refractivity contribution in [2.45, 2.75) is 59.2 Å². The summed E-state index contributed by atoms with van der Waals surface area (Å²) in [4.78, 5) is 23.9. The highest BCUT2D eigenvalue weighted by Crippen LogP contribution is 2.33. The number of rotatable bonds is 10. The molecule has 2 heterocycles. The molecular weight excluding hydrogens is 625 g/mol. The molecule has 4 aromatic rings. The number of halogens is 3. The number of carbonyl (C=O) groups is 1. The molecule has 2 amide bonds. The zero-order valence-corrected chi connectivity index (χ0v) is 27.7. The molecule has 1 saturated heterocycles. The quantitative estimate of drug-likeness (QED) is 0.183. The van der Waals surface area contributed by atoms with Gasteiger partial charge in [0.25, 0.3) is 0 Å². The minimum absolute atomic E-state index is 0.299. The fourth-order valence-electron chi connectivity index (χ4n) is 5.42. The summed E-state index contributed by atoms with van der Waals surface area (Å²) in [5, 5.41) is 8.21. The van der Waals surface area contributed by atoms with E-state index in [1.54, 1.807) is 11.8 Å². The summed E-state index contributed by atoms with van der Waals surface area (Å²) in [7, 11) is 0. The number of carbonyl (C=O) groups excluding carboxylic acids is 1. The van der Waals surface area contributed by atoms with Crippen molar-refractivity contribution in [2.75, 3.05) is 23.7 Å². The van der Waals surface area contributed by atoms with Gasteiger partial charge in [0.2, 0.25) is 0 Å². The highest BCUT2D eigenvalue weighted by atomic mass is 32.2. The lowest BCUT2D eigenvalue weighted by atomic mass is 9.97. The van der Waals surface area contributed by atoms with E-state index in [9.17, 15) is 18.0 Å². The fourth-order valence-corrected chi connectivity index (χ4v) is 6.37. The van der Waals surface area contributed by atoms with Crippen molar-refractivity contribution >= 4 is 28.6 Å². The van der Waals surface area contributed by atoms with E-state index >= 15 is 0 Å². The third kappa shape index (κ3) is 9.37. The van der Waals surface area contributed by atoms with E-state index in [2.05, 4.69) is 75.9 Å². The predicted molar refractivity (Wildman–Crippen MR) is 181 cm³/mol. The molecule has 12 heteroatoms. The van der Waals surface area contributed by atoms with Crippen molar-refractivity contribution in [1.29, 1.82) is 0 Å². The van der Waals surface area contributed by atoms with Gasteiger partial charge in [-0.25, -0.2) is 14.5 Å². The number of ether oxygens (including phenoxy) is 1. The number of hydrogen-bond acceptors (Lipinski definition) is 5. The Hall–Kier alpha value is -4.32. The summed E-state index contributed by atoms with van der Waals surface area (Å²) in [5.74, 6) is 1.84. The number of hydrogen-bond donors (Lipinski definition) is 1. The van der Waals surface area contributed by atoms with Crippen LogP contribution in [0.5, 0.6) is 5.75 Å². The first-order valence-electron chi connectivity index (χ1n) is 15.7. The topological polar surface area (TPSA) is 84.6 Å². The number of urea groups is 1. The number of aliphatic imine (C=N–C) groups is 1. The number of amidine groups is 1. The van der Waals surface area contributed by atoms with Crippen molar-refractivity contribution in [3.8, 4) is 22.8 Å². The van der Waals surface area contributed by atoms with Gasteiger partial charge in [-0.05, 0) is 85.0 Å². The third-order valence-corrected chi connectivity index (χ3v) is 8.88. The van der Waals surface area contributed by atoms with Crippen LogP contribution in [-0.4, -0.2) is 51.2 Å². The number of benzene rings is 3. The largest absolute Gasteiger partial charge is 0.573 e. The molecule has 0 saturated carbocycles. The zero-order chi connectivity index (χ0) is 33.6. The maximum Gasteiger partial charge on any atom is 0.573 e. The van der Waals surface area contributed by atoms with Gasteiger partial charge in [-0.3, -0.25) is 0 Å². The Bertz CT molecular complexity index is 1690. The highest BCUT2D eigenvalue weighted by Gasteiger charge is 2.31. The molecular formula is C35H39F3N6O2S. The van der Waals surface area contributed by atoms with E-state index in [4.69, 9.17) is 0 Å². The second-order valence-corrected chi connectivity index (χ2v) is 13.1. The van der Waals surface area contributed by atoms with E-state index in [0.29, 0.717) is 29.9 Å². The van der Waals surface area contributed by atoms with Crippen LogP contribution in [0.3, 0.4) is 0 Å². The van der Waals surface area contributed by atoms with Gasteiger partial charge in [0.05, 0.1) is 5.69 Å². The average molecular weight is 665 g/mol. The van der Waals surface area contributed by atoms with Crippen LogP contribution >= 0.6 is 11.8 Å². The number of amides is 2. The number of alkyl halides is 3. The molecule has 1 aliphatic heterocycles. The number of nitrogens with zero attached hydrogens (tertiary/aromatic N) is 5. The molecule has 47 heavy (non-hydrogen) atoms. The van der Waals surface area contributed by atoms with E-state index in [-0.39, 0.29) is 11.8 Å². The number of aromatic nitrogens is 3. The molecule has 1 fully saturated rings. The van der Waals surface area contributed by atoms with Gasteiger partial charge in [-0.2, -0.15) is 4.99 Å². The molecule has 1 aliphatic rings. The minimum atomic E-state index is -4.74. The first-order valence-corrected chi connectivity index (χ1v) is 16.7. The minimum Gasteiger partial charge on any atom is -0.406 e. The Morgan fingerprint density at radius 1 is 1.06 bits per heavy atom. The van der Waals surface area contributed by atoms with Crippen LogP contribution in [0.15, 0.2) is 78.0 Å². The van der Waals surface area contributed by atoms with Crippen LogP contribution in [0.2, 0.25) is 0 Å². The van der Waals surface area contributed by atoms with E-state index < -0.39 is 6.36 Å². The lowest BCUT2D eigenvalue weighted by molar-refractivity contribution is -0.274. The number of thioether (sulfide) groups is 1. The van der Waals surface area contributed by atoms with Crippen molar-refractivity contribution in [2.24, 2.45) is 10.9 Å². The van der Waals surface area contributed by atoms with E-state index in [1.807, 2.05) is 24.3 Å². The molecule has 5 rings (SSSR count). The summed E-state index contributed by atoms with van der Waals surface area (Å²) in [5.41, 5.74) is 6.11. The lowest BCUT2D eigenvalue weighted by Crippen LogP contribution is -2.36. The summed E-state index contributed by atoms with van der Waals surface area (Å²) in [6.07, 6.45) is -0.540. The first-order chi connectivity index (χ1) is 22.4. The van der Waals surface area contributed by atoms with Gasteiger partial charge in [0.1, 0.15) is 12.1 Å². The monoisotopic (exact) mass is 664 g/mol.